The number of benzene rings is 1. The summed E-state index contributed by atoms with van der Waals surface area (Å²) in [5.41, 5.74) is -0.438. The topological polar surface area (TPSA) is 98.5 Å². The second-order valence-corrected chi connectivity index (χ2v) is 6.18. The van der Waals surface area contributed by atoms with Crippen LogP contribution in [-0.4, -0.2) is 32.1 Å². The van der Waals surface area contributed by atoms with E-state index in [4.69, 9.17) is 16.3 Å². The highest BCUT2D eigenvalue weighted by molar-refractivity contribution is 7.92. The standard InChI is InChI=1S/C11H15ClN2O5S/c1-19-9-4-5-10(11(8-9)14(15)16)13-20(17,18)7-3-2-6-12/h4-5,8,13H,2-3,6-7H2,1H3. The molecule has 0 fully saturated rings. The molecule has 1 rings (SSSR count). The van der Waals surface area contributed by atoms with Crippen molar-refractivity contribution < 1.29 is 18.1 Å². The van der Waals surface area contributed by atoms with Crippen LogP contribution in [0.3, 0.4) is 0 Å². The number of ether oxygens (including phenoxy) is 1. The first kappa shape index (κ1) is 16.5. The van der Waals surface area contributed by atoms with Gasteiger partial charge in [0.05, 0.1) is 23.9 Å². The molecule has 20 heavy (non-hydrogen) atoms. The van der Waals surface area contributed by atoms with Crippen molar-refractivity contribution in [2.75, 3.05) is 23.5 Å². The SMILES string of the molecule is COc1ccc(NS(=O)(=O)CCCCCl)c([N+](=O)[O-])c1. The molecular formula is C11H15ClN2O5S. The van der Waals surface area contributed by atoms with E-state index in [0.29, 0.717) is 18.7 Å². The zero-order valence-electron chi connectivity index (χ0n) is 10.8. The van der Waals surface area contributed by atoms with E-state index in [2.05, 4.69) is 4.72 Å². The number of nitrogens with zero attached hydrogens (tertiary/aromatic N) is 1. The number of hydrogen-bond acceptors (Lipinski definition) is 5. The van der Waals surface area contributed by atoms with Crippen molar-refractivity contribution >= 4 is 33.0 Å². The van der Waals surface area contributed by atoms with E-state index in [1.165, 1.54) is 19.2 Å². The van der Waals surface area contributed by atoms with Gasteiger partial charge in [0.1, 0.15) is 11.4 Å². The molecule has 112 valence electrons. The lowest BCUT2D eigenvalue weighted by Crippen LogP contribution is -2.17. The zero-order valence-corrected chi connectivity index (χ0v) is 12.4. The van der Waals surface area contributed by atoms with Gasteiger partial charge in [-0.3, -0.25) is 14.8 Å². The van der Waals surface area contributed by atoms with E-state index in [1.807, 2.05) is 0 Å². The van der Waals surface area contributed by atoms with Gasteiger partial charge in [-0.1, -0.05) is 0 Å². The Kier molecular flexibility index (Phi) is 6.03. The molecule has 0 amide bonds. The first-order valence-corrected chi connectivity index (χ1v) is 7.97. The van der Waals surface area contributed by atoms with Crippen molar-refractivity contribution in [2.24, 2.45) is 0 Å². The number of rotatable bonds is 8. The number of sulfonamides is 1. The first-order chi connectivity index (χ1) is 9.39. The second kappa shape index (κ2) is 7.30. The smallest absolute Gasteiger partial charge is 0.297 e. The van der Waals surface area contributed by atoms with Gasteiger partial charge in [-0.25, -0.2) is 8.42 Å². The molecule has 0 bridgehead atoms. The minimum Gasteiger partial charge on any atom is -0.496 e. The molecule has 0 saturated heterocycles. The summed E-state index contributed by atoms with van der Waals surface area (Å²) in [4.78, 5) is 10.3. The maximum absolute atomic E-state index is 11.8. The molecule has 7 nitrogen and oxygen atoms in total. The Morgan fingerprint density at radius 3 is 2.65 bits per heavy atom. The fourth-order valence-electron chi connectivity index (χ4n) is 1.48. The van der Waals surface area contributed by atoms with Gasteiger partial charge >= 0.3 is 0 Å². The summed E-state index contributed by atoms with van der Waals surface area (Å²) in [6, 6.07) is 3.91. The number of nitro groups is 1. The van der Waals surface area contributed by atoms with Gasteiger partial charge in [-0.2, -0.15) is 0 Å². The maximum Gasteiger partial charge on any atom is 0.297 e. The Morgan fingerprint density at radius 1 is 1.40 bits per heavy atom. The number of unbranched alkanes of at least 4 members (excludes halogenated alkanes) is 1. The quantitative estimate of drug-likeness (QED) is 0.343. The number of nitrogens with one attached hydrogen (secondary N) is 1. The summed E-state index contributed by atoms with van der Waals surface area (Å²) < 4.78 is 30.7. The summed E-state index contributed by atoms with van der Waals surface area (Å²) >= 11 is 5.47. The molecular weight excluding hydrogens is 308 g/mol. The van der Waals surface area contributed by atoms with Crippen LogP contribution in [0.4, 0.5) is 11.4 Å². The van der Waals surface area contributed by atoms with Gasteiger partial charge in [0.25, 0.3) is 5.69 Å². The Balaban J connectivity index is 2.94. The third kappa shape index (κ3) is 4.86. The van der Waals surface area contributed by atoms with Gasteiger partial charge in [0.15, 0.2) is 0 Å². The highest BCUT2D eigenvalue weighted by atomic mass is 35.5. The van der Waals surface area contributed by atoms with Crippen molar-refractivity contribution in [3.05, 3.63) is 28.3 Å². The highest BCUT2D eigenvalue weighted by Gasteiger charge is 2.19. The van der Waals surface area contributed by atoms with Crippen LogP contribution in [0.5, 0.6) is 5.75 Å². The van der Waals surface area contributed by atoms with Crippen molar-refractivity contribution in [1.29, 1.82) is 0 Å². The van der Waals surface area contributed by atoms with Gasteiger partial charge in [0, 0.05) is 5.88 Å². The van der Waals surface area contributed by atoms with Crippen molar-refractivity contribution in [1.82, 2.24) is 0 Å². The molecule has 9 heteroatoms. The van der Waals surface area contributed by atoms with E-state index < -0.39 is 14.9 Å². The molecule has 0 aliphatic heterocycles. The van der Waals surface area contributed by atoms with Gasteiger partial charge < -0.3 is 4.74 Å². The zero-order chi connectivity index (χ0) is 15.2. The molecule has 0 aromatic heterocycles. The van der Waals surface area contributed by atoms with Gasteiger partial charge in [-0.15, -0.1) is 11.6 Å². The van der Waals surface area contributed by atoms with Crippen LogP contribution >= 0.6 is 11.6 Å². The number of halogens is 1. The molecule has 0 unspecified atom stereocenters. The number of hydrogen-bond donors (Lipinski definition) is 1. The Hall–Kier alpha value is -1.54. The molecule has 0 aliphatic carbocycles. The highest BCUT2D eigenvalue weighted by Crippen LogP contribution is 2.29. The minimum absolute atomic E-state index is 0.0818. The molecule has 1 aromatic rings. The molecule has 0 aliphatic rings. The van der Waals surface area contributed by atoms with Crippen LogP contribution in [-0.2, 0) is 10.0 Å². The summed E-state index contributed by atoms with van der Waals surface area (Å²) in [6.45, 7) is 0. The van der Waals surface area contributed by atoms with Crippen LogP contribution in [0.15, 0.2) is 18.2 Å². The molecule has 0 atom stereocenters. The molecule has 1 N–H and O–H groups in total. The van der Waals surface area contributed by atoms with E-state index in [-0.39, 0.29) is 22.9 Å². The molecule has 0 heterocycles. The first-order valence-electron chi connectivity index (χ1n) is 5.78. The summed E-state index contributed by atoms with van der Waals surface area (Å²) in [6.07, 6.45) is 0.954. The number of methoxy groups -OCH3 is 1. The number of nitro benzene ring substituents is 1. The average molecular weight is 323 g/mol. The van der Waals surface area contributed by atoms with Crippen molar-refractivity contribution in [3.63, 3.8) is 0 Å². The number of alkyl halides is 1. The third-order valence-corrected chi connectivity index (χ3v) is 4.09. The van der Waals surface area contributed by atoms with E-state index in [9.17, 15) is 18.5 Å². The molecule has 0 spiro atoms. The Bertz CT molecular complexity index is 576. The average Bonchev–Trinajstić information content (AvgIpc) is 2.38. The molecule has 0 radical (unpaired) electrons. The lowest BCUT2D eigenvalue weighted by molar-refractivity contribution is -0.384. The van der Waals surface area contributed by atoms with Crippen LogP contribution in [0.2, 0.25) is 0 Å². The predicted octanol–water partition coefficient (Wildman–Crippen LogP) is 2.36. The van der Waals surface area contributed by atoms with Crippen LogP contribution in [0, 0.1) is 10.1 Å². The molecule has 0 saturated carbocycles. The molecule has 1 aromatic carbocycles. The Labute approximate surface area is 122 Å². The fourth-order valence-corrected chi connectivity index (χ4v) is 2.86. The Morgan fingerprint density at radius 2 is 2.10 bits per heavy atom. The minimum atomic E-state index is -3.64. The van der Waals surface area contributed by atoms with Crippen molar-refractivity contribution in [2.45, 2.75) is 12.8 Å². The van der Waals surface area contributed by atoms with E-state index in [1.54, 1.807) is 0 Å². The number of anilines is 1. The van der Waals surface area contributed by atoms with Crippen molar-refractivity contribution in [3.8, 4) is 5.75 Å². The van der Waals surface area contributed by atoms with Crippen LogP contribution < -0.4 is 9.46 Å². The predicted molar refractivity (Wildman–Crippen MR) is 77.0 cm³/mol. The van der Waals surface area contributed by atoms with Gasteiger partial charge in [0.2, 0.25) is 10.0 Å². The monoisotopic (exact) mass is 322 g/mol. The maximum atomic E-state index is 11.8. The lowest BCUT2D eigenvalue weighted by Gasteiger charge is -2.09. The van der Waals surface area contributed by atoms with Crippen LogP contribution in [0.1, 0.15) is 12.8 Å². The normalized spacial score (nSPS) is 11.1. The fraction of sp³-hybridized carbons (Fsp3) is 0.455. The third-order valence-electron chi connectivity index (χ3n) is 2.46. The van der Waals surface area contributed by atoms with E-state index >= 15 is 0 Å². The van der Waals surface area contributed by atoms with E-state index in [0.717, 1.165) is 6.07 Å². The lowest BCUT2D eigenvalue weighted by atomic mass is 10.2. The summed E-state index contributed by atoms with van der Waals surface area (Å²) in [5.74, 6) is 0.517. The second-order valence-electron chi connectivity index (χ2n) is 3.96. The summed E-state index contributed by atoms with van der Waals surface area (Å²) in [7, 11) is -2.27. The van der Waals surface area contributed by atoms with Gasteiger partial charge in [-0.05, 0) is 25.0 Å². The largest absolute Gasteiger partial charge is 0.496 e. The summed E-state index contributed by atoms with van der Waals surface area (Å²) in [5, 5.41) is 10.9. The van der Waals surface area contributed by atoms with Crippen LogP contribution in [0.25, 0.3) is 0 Å².